The molecular weight excluding hydrogens is 449 g/mol. The number of likely N-dealkylation sites (N-methyl/N-ethyl adjacent to an activating group) is 1. The number of hydrogen-bond acceptors (Lipinski definition) is 4. The predicted molar refractivity (Wildman–Crippen MR) is 119 cm³/mol. The summed E-state index contributed by atoms with van der Waals surface area (Å²) in [6, 6.07) is 12.2. The molecule has 0 radical (unpaired) electrons. The molecule has 0 aliphatic rings. The highest BCUT2D eigenvalue weighted by Gasteiger charge is 2.30. The Morgan fingerprint density at radius 2 is 1.67 bits per heavy atom. The summed E-state index contributed by atoms with van der Waals surface area (Å²) in [7, 11) is -2.31. The number of anilines is 1. The molecule has 1 atom stereocenters. The number of amides is 2. The van der Waals surface area contributed by atoms with Crippen LogP contribution in [0.3, 0.4) is 0 Å². The number of nitrogens with one attached hydrogen (secondary N) is 1. The Bertz CT molecular complexity index is 1010. The van der Waals surface area contributed by atoms with Crippen molar-refractivity contribution >= 4 is 50.7 Å². The molecular formula is C20H23Cl2N3O4S. The van der Waals surface area contributed by atoms with Crippen LogP contribution in [0.1, 0.15) is 12.5 Å². The van der Waals surface area contributed by atoms with Crippen LogP contribution in [0.25, 0.3) is 0 Å². The monoisotopic (exact) mass is 471 g/mol. The van der Waals surface area contributed by atoms with Gasteiger partial charge in [0.2, 0.25) is 21.8 Å². The first kappa shape index (κ1) is 24.0. The Kier molecular flexibility index (Phi) is 8.11. The molecule has 0 fully saturated rings. The molecule has 10 heteroatoms. The second-order valence-corrected chi connectivity index (χ2v) is 9.40. The number of rotatable bonds is 8. The van der Waals surface area contributed by atoms with Crippen LogP contribution in [0.5, 0.6) is 0 Å². The van der Waals surface area contributed by atoms with E-state index in [9.17, 15) is 18.0 Å². The summed E-state index contributed by atoms with van der Waals surface area (Å²) in [5.41, 5.74) is 0.932. The summed E-state index contributed by atoms with van der Waals surface area (Å²) in [4.78, 5) is 26.7. The fourth-order valence-corrected chi connectivity index (χ4v) is 3.99. The van der Waals surface area contributed by atoms with E-state index in [2.05, 4.69) is 5.32 Å². The Balaban J connectivity index is 2.38. The van der Waals surface area contributed by atoms with Gasteiger partial charge >= 0.3 is 0 Å². The van der Waals surface area contributed by atoms with E-state index in [1.807, 2.05) is 0 Å². The molecule has 0 saturated heterocycles. The Labute approximate surface area is 186 Å². The maximum absolute atomic E-state index is 13.2. The lowest BCUT2D eigenvalue weighted by molar-refractivity contribution is -0.139. The molecule has 2 aromatic carbocycles. The molecule has 1 N–H and O–H groups in total. The van der Waals surface area contributed by atoms with Gasteiger partial charge < -0.3 is 10.2 Å². The molecule has 162 valence electrons. The van der Waals surface area contributed by atoms with Gasteiger partial charge in [-0.25, -0.2) is 8.42 Å². The smallest absolute Gasteiger partial charge is 0.244 e. The van der Waals surface area contributed by atoms with Crippen molar-refractivity contribution in [1.82, 2.24) is 10.2 Å². The molecule has 2 amide bonds. The highest BCUT2D eigenvalue weighted by molar-refractivity contribution is 7.92. The average Bonchev–Trinajstić information content (AvgIpc) is 2.70. The average molecular weight is 472 g/mol. The van der Waals surface area contributed by atoms with Gasteiger partial charge in [-0.1, -0.05) is 41.4 Å². The topological polar surface area (TPSA) is 86.8 Å². The third-order valence-electron chi connectivity index (χ3n) is 4.51. The highest BCUT2D eigenvalue weighted by Crippen LogP contribution is 2.22. The van der Waals surface area contributed by atoms with E-state index in [-0.39, 0.29) is 12.5 Å². The summed E-state index contributed by atoms with van der Waals surface area (Å²) in [6.07, 6.45) is 1.01. The van der Waals surface area contributed by atoms with Gasteiger partial charge in [0.1, 0.15) is 12.6 Å². The van der Waals surface area contributed by atoms with E-state index in [0.717, 1.165) is 10.6 Å². The molecule has 0 aliphatic heterocycles. The van der Waals surface area contributed by atoms with Gasteiger partial charge in [0.05, 0.1) is 11.9 Å². The van der Waals surface area contributed by atoms with Gasteiger partial charge in [0.15, 0.2) is 0 Å². The number of carbonyl (C=O) groups excluding carboxylic acids is 2. The lowest BCUT2D eigenvalue weighted by Crippen LogP contribution is -2.50. The zero-order valence-electron chi connectivity index (χ0n) is 16.8. The summed E-state index contributed by atoms with van der Waals surface area (Å²) in [6.45, 7) is 1.14. The molecule has 7 nitrogen and oxygen atoms in total. The van der Waals surface area contributed by atoms with Crippen molar-refractivity contribution in [2.24, 2.45) is 0 Å². The first-order valence-corrected chi connectivity index (χ1v) is 11.6. The first-order chi connectivity index (χ1) is 14.0. The van der Waals surface area contributed by atoms with Crippen molar-refractivity contribution in [3.63, 3.8) is 0 Å². The van der Waals surface area contributed by atoms with E-state index in [4.69, 9.17) is 23.2 Å². The van der Waals surface area contributed by atoms with Gasteiger partial charge in [-0.05, 0) is 42.8 Å². The largest absolute Gasteiger partial charge is 0.357 e. The Hall–Kier alpha value is -2.29. The van der Waals surface area contributed by atoms with Crippen LogP contribution in [0.15, 0.2) is 48.5 Å². The van der Waals surface area contributed by atoms with Crippen LogP contribution in [-0.4, -0.2) is 51.0 Å². The van der Waals surface area contributed by atoms with Crippen molar-refractivity contribution < 1.29 is 18.0 Å². The standard InChI is InChI=1S/C20H23Cl2N3O4S/c1-14(20(27)23-2)24(12-15-6-4-5-7-18(15)22)19(26)13-25(30(3,28)29)17-10-8-16(21)9-11-17/h4-11,14H,12-13H2,1-3H3,(H,23,27). The van der Waals surface area contributed by atoms with Gasteiger partial charge in [-0.3, -0.25) is 13.9 Å². The third-order valence-corrected chi connectivity index (χ3v) is 6.27. The predicted octanol–water partition coefficient (Wildman–Crippen LogP) is 2.92. The minimum absolute atomic E-state index is 0.0469. The Morgan fingerprint density at radius 1 is 1.07 bits per heavy atom. The van der Waals surface area contributed by atoms with Gasteiger partial charge in [-0.2, -0.15) is 0 Å². The Morgan fingerprint density at radius 3 is 2.20 bits per heavy atom. The van der Waals surface area contributed by atoms with Crippen molar-refractivity contribution in [3.8, 4) is 0 Å². The highest BCUT2D eigenvalue weighted by atomic mass is 35.5. The lowest BCUT2D eigenvalue weighted by atomic mass is 10.1. The number of benzene rings is 2. The SMILES string of the molecule is CNC(=O)C(C)N(Cc1ccccc1Cl)C(=O)CN(c1ccc(Cl)cc1)S(C)(=O)=O. The maximum atomic E-state index is 13.2. The number of halogens is 2. The van der Waals surface area contributed by atoms with E-state index in [0.29, 0.717) is 21.3 Å². The third kappa shape index (κ3) is 6.10. The van der Waals surface area contributed by atoms with Crippen LogP contribution in [-0.2, 0) is 26.2 Å². The first-order valence-electron chi connectivity index (χ1n) is 9.02. The summed E-state index contributed by atoms with van der Waals surface area (Å²) >= 11 is 12.1. The van der Waals surface area contributed by atoms with Gasteiger partial charge in [0, 0.05) is 23.6 Å². The zero-order chi connectivity index (χ0) is 22.5. The molecule has 1 unspecified atom stereocenters. The van der Waals surface area contributed by atoms with Crippen LogP contribution >= 0.6 is 23.2 Å². The minimum atomic E-state index is -3.78. The fraction of sp³-hybridized carbons (Fsp3) is 0.300. The summed E-state index contributed by atoms with van der Waals surface area (Å²) in [5, 5.41) is 3.39. The molecule has 0 heterocycles. The van der Waals surface area contributed by atoms with Crippen molar-refractivity contribution in [2.75, 3.05) is 24.2 Å². The minimum Gasteiger partial charge on any atom is -0.357 e. The van der Waals surface area contributed by atoms with Crippen molar-refractivity contribution in [1.29, 1.82) is 0 Å². The number of nitrogens with zero attached hydrogens (tertiary/aromatic N) is 2. The molecule has 0 aliphatic carbocycles. The number of carbonyl (C=O) groups is 2. The molecule has 30 heavy (non-hydrogen) atoms. The van der Waals surface area contributed by atoms with E-state index in [1.165, 1.54) is 36.2 Å². The number of sulfonamides is 1. The quantitative estimate of drug-likeness (QED) is 0.640. The second kappa shape index (κ2) is 10.1. The molecule has 0 aromatic heterocycles. The van der Waals surface area contributed by atoms with Crippen molar-refractivity contribution in [3.05, 3.63) is 64.1 Å². The number of hydrogen-bond donors (Lipinski definition) is 1. The molecule has 2 rings (SSSR count). The van der Waals surface area contributed by atoms with E-state index >= 15 is 0 Å². The van der Waals surface area contributed by atoms with Crippen LogP contribution in [0.2, 0.25) is 10.0 Å². The molecule has 0 saturated carbocycles. The normalized spacial score (nSPS) is 12.2. The van der Waals surface area contributed by atoms with E-state index < -0.39 is 28.5 Å². The van der Waals surface area contributed by atoms with Crippen LogP contribution in [0, 0.1) is 0 Å². The summed E-state index contributed by atoms with van der Waals surface area (Å²) < 4.78 is 25.7. The fourth-order valence-electron chi connectivity index (χ4n) is 2.82. The van der Waals surface area contributed by atoms with Gasteiger partial charge in [-0.15, -0.1) is 0 Å². The molecule has 0 spiro atoms. The van der Waals surface area contributed by atoms with Crippen molar-refractivity contribution in [2.45, 2.75) is 19.5 Å². The lowest BCUT2D eigenvalue weighted by Gasteiger charge is -2.31. The molecule has 0 bridgehead atoms. The van der Waals surface area contributed by atoms with Crippen LogP contribution < -0.4 is 9.62 Å². The van der Waals surface area contributed by atoms with Crippen LogP contribution in [0.4, 0.5) is 5.69 Å². The van der Waals surface area contributed by atoms with Gasteiger partial charge in [0.25, 0.3) is 0 Å². The zero-order valence-corrected chi connectivity index (χ0v) is 19.1. The second-order valence-electron chi connectivity index (χ2n) is 6.65. The maximum Gasteiger partial charge on any atom is 0.244 e. The van der Waals surface area contributed by atoms with E-state index in [1.54, 1.807) is 31.2 Å². The molecule has 2 aromatic rings. The summed E-state index contributed by atoms with van der Waals surface area (Å²) in [5.74, 6) is -0.931.